The van der Waals surface area contributed by atoms with Crippen molar-refractivity contribution in [3.8, 4) is 5.75 Å². The summed E-state index contributed by atoms with van der Waals surface area (Å²) in [4.78, 5) is 47.6. The molecule has 8 heteroatoms. The van der Waals surface area contributed by atoms with Crippen LogP contribution in [0.25, 0.3) is 0 Å². The number of imide groups is 1. The first-order chi connectivity index (χ1) is 13.0. The Balaban J connectivity index is 1.94. The van der Waals surface area contributed by atoms with Crippen LogP contribution in [0.1, 0.15) is 31.1 Å². The Morgan fingerprint density at radius 1 is 0.852 bits per heavy atom. The van der Waals surface area contributed by atoms with E-state index in [1.54, 1.807) is 18.2 Å². The zero-order chi connectivity index (χ0) is 19.8. The number of ether oxygens (including phenoxy) is 3. The Labute approximate surface area is 155 Å². The second-order valence-electron chi connectivity index (χ2n) is 5.22. The monoisotopic (exact) mass is 371 g/mol. The van der Waals surface area contributed by atoms with Crippen molar-refractivity contribution >= 4 is 23.8 Å². The van der Waals surface area contributed by atoms with Gasteiger partial charge < -0.3 is 14.2 Å². The predicted molar refractivity (Wildman–Crippen MR) is 93.5 cm³/mol. The lowest BCUT2D eigenvalue weighted by molar-refractivity contribution is -0.123. The van der Waals surface area contributed by atoms with Crippen LogP contribution in [0.15, 0.2) is 48.5 Å². The van der Waals surface area contributed by atoms with Crippen LogP contribution >= 0.6 is 0 Å². The summed E-state index contributed by atoms with van der Waals surface area (Å²) in [6.07, 6.45) is 0. The molecule has 2 rings (SSSR count). The number of amides is 2. The molecule has 0 aliphatic carbocycles. The minimum absolute atomic E-state index is 0.0136. The van der Waals surface area contributed by atoms with Gasteiger partial charge in [0.25, 0.3) is 11.8 Å². The van der Waals surface area contributed by atoms with Gasteiger partial charge in [-0.05, 0) is 36.4 Å². The van der Waals surface area contributed by atoms with Crippen LogP contribution in [0, 0.1) is 0 Å². The van der Waals surface area contributed by atoms with Crippen LogP contribution < -0.4 is 10.1 Å². The molecule has 0 fully saturated rings. The number of hydrogen-bond donors (Lipinski definition) is 1. The number of rotatable bonds is 6. The second-order valence-corrected chi connectivity index (χ2v) is 5.22. The zero-order valence-electron chi connectivity index (χ0n) is 14.7. The first kappa shape index (κ1) is 19.6. The van der Waals surface area contributed by atoms with Gasteiger partial charge in [0.1, 0.15) is 5.75 Å². The molecule has 0 bridgehead atoms. The summed E-state index contributed by atoms with van der Waals surface area (Å²) in [7, 11) is 2.67. The summed E-state index contributed by atoms with van der Waals surface area (Å²) < 4.78 is 14.4. The highest BCUT2D eigenvalue weighted by atomic mass is 16.5. The highest BCUT2D eigenvalue weighted by Gasteiger charge is 2.19. The molecular weight excluding hydrogens is 354 g/mol. The molecule has 0 heterocycles. The predicted octanol–water partition coefficient (Wildman–Crippen LogP) is 1.60. The molecule has 0 spiro atoms. The molecule has 2 amide bonds. The Morgan fingerprint density at radius 2 is 1.44 bits per heavy atom. The quantitative estimate of drug-likeness (QED) is 0.768. The number of carbonyl (C=O) groups is 4. The first-order valence-corrected chi connectivity index (χ1v) is 7.79. The number of carbonyl (C=O) groups excluding carboxylic acids is 4. The molecule has 0 unspecified atom stereocenters. The number of esters is 2. The van der Waals surface area contributed by atoms with E-state index in [4.69, 9.17) is 9.47 Å². The lowest BCUT2D eigenvalue weighted by Crippen LogP contribution is -2.34. The molecule has 0 radical (unpaired) electrons. The molecular formula is C19H17NO7. The van der Waals surface area contributed by atoms with E-state index in [0.29, 0.717) is 5.75 Å². The SMILES string of the molecule is COC(=O)c1ccccc1C(=O)OCC(=O)NC(=O)c1ccc(OC)cc1. The Morgan fingerprint density at radius 3 is 2.00 bits per heavy atom. The Bertz CT molecular complexity index is 859. The zero-order valence-corrected chi connectivity index (χ0v) is 14.7. The first-order valence-electron chi connectivity index (χ1n) is 7.79. The third-order valence-corrected chi connectivity index (χ3v) is 3.49. The van der Waals surface area contributed by atoms with E-state index in [1.165, 1.54) is 44.6 Å². The van der Waals surface area contributed by atoms with Gasteiger partial charge in [-0.2, -0.15) is 0 Å². The number of methoxy groups -OCH3 is 2. The van der Waals surface area contributed by atoms with Crippen molar-refractivity contribution in [2.24, 2.45) is 0 Å². The Hall–Kier alpha value is -3.68. The summed E-state index contributed by atoms with van der Waals surface area (Å²) in [6.45, 7) is -0.684. The molecule has 0 saturated heterocycles. The fourth-order valence-corrected chi connectivity index (χ4v) is 2.14. The maximum absolute atomic E-state index is 12.1. The minimum Gasteiger partial charge on any atom is -0.497 e. The van der Waals surface area contributed by atoms with E-state index < -0.39 is 30.4 Å². The summed E-state index contributed by atoms with van der Waals surface area (Å²) in [5.74, 6) is -2.48. The van der Waals surface area contributed by atoms with Crippen LogP contribution in [0.2, 0.25) is 0 Å². The standard InChI is InChI=1S/C19H17NO7/c1-25-13-9-7-12(8-10-13)17(22)20-16(21)11-27-19(24)15-6-4-3-5-14(15)18(23)26-2/h3-10H,11H2,1-2H3,(H,20,21,22). The largest absolute Gasteiger partial charge is 0.497 e. The molecule has 2 aromatic carbocycles. The average Bonchev–Trinajstić information content (AvgIpc) is 2.71. The lowest BCUT2D eigenvalue weighted by Gasteiger charge is -2.08. The maximum Gasteiger partial charge on any atom is 0.339 e. The van der Waals surface area contributed by atoms with Crippen LogP contribution in [-0.4, -0.2) is 44.6 Å². The third kappa shape index (κ3) is 5.15. The second kappa shape index (κ2) is 9.14. The van der Waals surface area contributed by atoms with E-state index in [2.05, 4.69) is 10.1 Å². The van der Waals surface area contributed by atoms with Gasteiger partial charge >= 0.3 is 11.9 Å². The van der Waals surface area contributed by atoms with Crippen LogP contribution in [0.5, 0.6) is 5.75 Å². The molecule has 0 aliphatic heterocycles. The molecule has 0 saturated carbocycles. The highest BCUT2D eigenvalue weighted by Crippen LogP contribution is 2.12. The van der Waals surface area contributed by atoms with Crippen molar-refractivity contribution in [2.45, 2.75) is 0 Å². The molecule has 8 nitrogen and oxygen atoms in total. The fourth-order valence-electron chi connectivity index (χ4n) is 2.14. The van der Waals surface area contributed by atoms with E-state index in [1.807, 2.05) is 0 Å². The van der Waals surface area contributed by atoms with Gasteiger partial charge in [-0.1, -0.05) is 12.1 Å². The van der Waals surface area contributed by atoms with Crippen molar-refractivity contribution in [1.82, 2.24) is 5.32 Å². The van der Waals surface area contributed by atoms with E-state index in [0.717, 1.165) is 0 Å². The molecule has 0 aliphatic rings. The summed E-state index contributed by atoms with van der Waals surface area (Å²) in [5, 5.41) is 2.10. The summed E-state index contributed by atoms with van der Waals surface area (Å²) in [5.41, 5.74) is 0.213. The number of benzene rings is 2. The molecule has 27 heavy (non-hydrogen) atoms. The van der Waals surface area contributed by atoms with Gasteiger partial charge in [-0.15, -0.1) is 0 Å². The van der Waals surface area contributed by atoms with Crippen molar-refractivity contribution < 1.29 is 33.4 Å². The van der Waals surface area contributed by atoms with Crippen molar-refractivity contribution in [1.29, 1.82) is 0 Å². The molecule has 0 atom stereocenters. The number of nitrogens with one attached hydrogen (secondary N) is 1. The highest BCUT2D eigenvalue weighted by molar-refractivity contribution is 6.06. The normalized spacial score (nSPS) is 9.85. The summed E-state index contributed by atoms with van der Waals surface area (Å²) in [6, 6.07) is 12.0. The van der Waals surface area contributed by atoms with Crippen molar-refractivity contribution in [3.05, 3.63) is 65.2 Å². The molecule has 0 aromatic heterocycles. The topological polar surface area (TPSA) is 108 Å². The summed E-state index contributed by atoms with van der Waals surface area (Å²) >= 11 is 0. The van der Waals surface area contributed by atoms with Crippen molar-refractivity contribution in [3.63, 3.8) is 0 Å². The average molecular weight is 371 g/mol. The van der Waals surface area contributed by atoms with Gasteiger partial charge in [-0.3, -0.25) is 14.9 Å². The van der Waals surface area contributed by atoms with Crippen LogP contribution in [-0.2, 0) is 14.3 Å². The maximum atomic E-state index is 12.1. The van der Waals surface area contributed by atoms with Crippen molar-refractivity contribution in [2.75, 3.05) is 20.8 Å². The van der Waals surface area contributed by atoms with Crippen LogP contribution in [0.3, 0.4) is 0 Å². The fraction of sp³-hybridized carbons (Fsp3) is 0.158. The number of hydrogen-bond acceptors (Lipinski definition) is 7. The van der Waals surface area contributed by atoms with Gasteiger partial charge in [-0.25, -0.2) is 9.59 Å². The van der Waals surface area contributed by atoms with E-state index in [-0.39, 0.29) is 16.7 Å². The molecule has 1 N–H and O–H groups in total. The smallest absolute Gasteiger partial charge is 0.339 e. The van der Waals surface area contributed by atoms with E-state index >= 15 is 0 Å². The minimum atomic E-state index is -0.886. The lowest BCUT2D eigenvalue weighted by atomic mass is 10.1. The molecule has 2 aromatic rings. The van der Waals surface area contributed by atoms with Gasteiger partial charge in [0, 0.05) is 5.56 Å². The molecule has 140 valence electrons. The van der Waals surface area contributed by atoms with Gasteiger partial charge in [0.05, 0.1) is 25.3 Å². The van der Waals surface area contributed by atoms with E-state index in [9.17, 15) is 19.2 Å². The third-order valence-electron chi connectivity index (χ3n) is 3.49. The van der Waals surface area contributed by atoms with Gasteiger partial charge in [0.15, 0.2) is 6.61 Å². The van der Waals surface area contributed by atoms with Crippen LogP contribution in [0.4, 0.5) is 0 Å². The van der Waals surface area contributed by atoms with Gasteiger partial charge in [0.2, 0.25) is 0 Å². The Kier molecular flexibility index (Phi) is 6.65.